The van der Waals surface area contributed by atoms with Gasteiger partial charge in [0, 0.05) is 0 Å². The molecular formula is C7H10NO6. The third kappa shape index (κ3) is 3.40. The Morgan fingerprint density at radius 1 is 1.21 bits per heavy atom. The van der Waals surface area contributed by atoms with E-state index in [2.05, 4.69) is 0 Å². The van der Waals surface area contributed by atoms with Crippen LogP contribution < -0.4 is 5.32 Å². The zero-order valence-electron chi connectivity index (χ0n) is 7.39. The summed E-state index contributed by atoms with van der Waals surface area (Å²) in [6.45, 7) is 0.00230. The first kappa shape index (κ1) is 12.4. The molecule has 0 saturated heterocycles. The Morgan fingerprint density at radius 3 is 2.00 bits per heavy atom. The van der Waals surface area contributed by atoms with Crippen molar-refractivity contribution in [2.45, 2.75) is 13.0 Å². The van der Waals surface area contributed by atoms with Crippen LogP contribution in [0.1, 0.15) is 6.92 Å². The van der Waals surface area contributed by atoms with Gasteiger partial charge < -0.3 is 15.5 Å². The molecule has 1 amide bonds. The molecule has 0 aromatic carbocycles. The summed E-state index contributed by atoms with van der Waals surface area (Å²) in [5.74, 6) is -5.17. The minimum atomic E-state index is -1.58. The average molecular weight is 204 g/mol. The second kappa shape index (κ2) is 5.18. The van der Waals surface area contributed by atoms with Gasteiger partial charge in [-0.25, -0.2) is 9.90 Å². The van der Waals surface area contributed by atoms with Gasteiger partial charge in [-0.2, -0.15) is 0 Å². The lowest BCUT2D eigenvalue weighted by atomic mass is 10.0. The van der Waals surface area contributed by atoms with Crippen LogP contribution in [0, 0.1) is 5.92 Å². The van der Waals surface area contributed by atoms with Crippen LogP contribution in [0.15, 0.2) is 0 Å². The molecule has 0 bridgehead atoms. The fraction of sp³-hybridized carbons (Fsp3) is 0.571. The molecule has 0 spiro atoms. The predicted octanol–water partition coefficient (Wildman–Crippen LogP) is -1.29. The molecule has 0 rings (SSSR count). The number of hydrogen-bond donors (Lipinski definition) is 3. The number of rotatable bonds is 5. The Labute approximate surface area is 79.3 Å². The van der Waals surface area contributed by atoms with E-state index in [1.54, 1.807) is 0 Å². The largest absolute Gasteiger partial charge is 0.481 e. The van der Waals surface area contributed by atoms with Crippen molar-refractivity contribution >= 4 is 17.8 Å². The van der Waals surface area contributed by atoms with Gasteiger partial charge in [0.15, 0.2) is 6.61 Å². The normalized spacial score (nSPS) is 14.1. The number of carbonyl (C=O) groups is 3. The highest BCUT2D eigenvalue weighted by molar-refractivity contribution is 5.88. The molecule has 0 heterocycles. The first-order valence-corrected chi connectivity index (χ1v) is 3.73. The Bertz CT molecular complexity index is 251. The molecule has 7 nitrogen and oxygen atoms in total. The van der Waals surface area contributed by atoms with Crippen molar-refractivity contribution in [3.05, 3.63) is 0 Å². The van der Waals surface area contributed by atoms with Crippen LogP contribution in [0.5, 0.6) is 0 Å². The molecule has 0 aromatic heterocycles. The minimum absolute atomic E-state index is 1.04. The van der Waals surface area contributed by atoms with Gasteiger partial charge in [-0.1, -0.05) is 0 Å². The zero-order chi connectivity index (χ0) is 11.3. The molecular weight excluding hydrogens is 194 g/mol. The molecule has 2 unspecified atom stereocenters. The van der Waals surface area contributed by atoms with Crippen molar-refractivity contribution in [2.24, 2.45) is 5.92 Å². The van der Waals surface area contributed by atoms with Gasteiger partial charge in [-0.3, -0.25) is 9.59 Å². The maximum Gasteiger partial charge on any atom is 0.327 e. The van der Waals surface area contributed by atoms with Crippen molar-refractivity contribution < 1.29 is 29.7 Å². The maximum atomic E-state index is 10.6. The average Bonchev–Trinajstić information content (AvgIpc) is 2.11. The lowest BCUT2D eigenvalue weighted by molar-refractivity contribution is -0.151. The van der Waals surface area contributed by atoms with Crippen LogP contribution >= 0.6 is 0 Å². The summed E-state index contributed by atoms with van der Waals surface area (Å²) in [4.78, 5) is 31.5. The zero-order valence-corrected chi connectivity index (χ0v) is 7.39. The number of aliphatic carboxylic acids is 2. The molecule has 79 valence electrons. The van der Waals surface area contributed by atoms with Crippen molar-refractivity contribution in [1.29, 1.82) is 0 Å². The van der Waals surface area contributed by atoms with E-state index in [9.17, 15) is 19.5 Å². The molecule has 14 heavy (non-hydrogen) atoms. The Hall–Kier alpha value is -1.63. The standard InChI is InChI=1S/C7H10NO6/c1-3(6(11)12)5(7(13)14)8-4(10)2-9/h3,5H,2H2,1H3,(H,8,10)(H,11,12)(H,13,14). The molecule has 0 aliphatic rings. The SMILES string of the molecule is CC(C(=O)O)C(NC(=O)C[O])C(=O)O. The summed E-state index contributed by atoms with van der Waals surface area (Å²) >= 11 is 0. The molecule has 0 fully saturated rings. The van der Waals surface area contributed by atoms with Crippen LogP contribution in [0.3, 0.4) is 0 Å². The lowest BCUT2D eigenvalue weighted by Gasteiger charge is -2.16. The number of carboxylic acid groups (broad SMARTS) is 2. The summed E-state index contributed by atoms with van der Waals surface area (Å²) in [5, 5.41) is 28.9. The van der Waals surface area contributed by atoms with Crippen LogP contribution in [-0.2, 0) is 19.5 Å². The first-order chi connectivity index (χ1) is 6.40. The van der Waals surface area contributed by atoms with E-state index in [0.717, 1.165) is 6.92 Å². The van der Waals surface area contributed by atoms with Crippen LogP contribution in [0.25, 0.3) is 0 Å². The highest BCUT2D eigenvalue weighted by atomic mass is 16.4. The predicted molar refractivity (Wildman–Crippen MR) is 41.9 cm³/mol. The number of amides is 1. The molecule has 3 N–H and O–H groups in total. The quantitative estimate of drug-likeness (QED) is 0.513. The summed E-state index contributed by atoms with van der Waals surface area (Å²) in [6, 6.07) is -1.58. The molecule has 0 aliphatic heterocycles. The molecule has 0 saturated carbocycles. The third-order valence-electron chi connectivity index (χ3n) is 1.60. The Balaban J connectivity index is 4.52. The topological polar surface area (TPSA) is 124 Å². The number of carbonyl (C=O) groups excluding carboxylic acids is 1. The van der Waals surface area contributed by atoms with Crippen molar-refractivity contribution in [3.8, 4) is 0 Å². The van der Waals surface area contributed by atoms with Crippen LogP contribution in [-0.4, -0.2) is 40.7 Å². The lowest BCUT2D eigenvalue weighted by Crippen LogP contribution is -2.48. The van der Waals surface area contributed by atoms with Crippen molar-refractivity contribution in [2.75, 3.05) is 6.61 Å². The molecule has 1 radical (unpaired) electrons. The van der Waals surface area contributed by atoms with Gasteiger partial charge in [0.05, 0.1) is 5.92 Å². The van der Waals surface area contributed by atoms with Crippen LogP contribution in [0.2, 0.25) is 0 Å². The second-order valence-electron chi connectivity index (χ2n) is 2.65. The number of hydrogen-bond acceptors (Lipinski definition) is 3. The van der Waals surface area contributed by atoms with Gasteiger partial charge in [-0.15, -0.1) is 0 Å². The van der Waals surface area contributed by atoms with Crippen molar-refractivity contribution in [1.82, 2.24) is 5.32 Å². The van der Waals surface area contributed by atoms with Gasteiger partial charge >= 0.3 is 11.9 Å². The Kier molecular flexibility index (Phi) is 4.57. The number of carboxylic acids is 2. The fourth-order valence-electron chi connectivity index (χ4n) is 0.758. The van der Waals surface area contributed by atoms with Gasteiger partial charge in [0.25, 0.3) is 0 Å². The molecule has 2 atom stereocenters. The van der Waals surface area contributed by atoms with E-state index in [4.69, 9.17) is 10.2 Å². The van der Waals surface area contributed by atoms with E-state index in [1.165, 1.54) is 0 Å². The van der Waals surface area contributed by atoms with Gasteiger partial charge in [0.2, 0.25) is 5.91 Å². The summed E-state index contributed by atoms with van der Waals surface area (Å²) < 4.78 is 0. The fourth-order valence-corrected chi connectivity index (χ4v) is 0.758. The monoisotopic (exact) mass is 204 g/mol. The summed E-state index contributed by atoms with van der Waals surface area (Å²) in [7, 11) is 0. The van der Waals surface area contributed by atoms with E-state index in [1.807, 2.05) is 5.32 Å². The van der Waals surface area contributed by atoms with Gasteiger partial charge in [0.1, 0.15) is 6.04 Å². The van der Waals surface area contributed by atoms with Crippen molar-refractivity contribution in [3.63, 3.8) is 0 Å². The second-order valence-corrected chi connectivity index (χ2v) is 2.65. The highest BCUT2D eigenvalue weighted by Gasteiger charge is 2.31. The van der Waals surface area contributed by atoms with E-state index in [-0.39, 0.29) is 0 Å². The van der Waals surface area contributed by atoms with E-state index < -0.39 is 36.4 Å². The minimum Gasteiger partial charge on any atom is -0.481 e. The molecule has 7 heteroatoms. The highest BCUT2D eigenvalue weighted by Crippen LogP contribution is 2.03. The first-order valence-electron chi connectivity index (χ1n) is 3.73. The third-order valence-corrected chi connectivity index (χ3v) is 1.60. The molecule has 0 aliphatic carbocycles. The van der Waals surface area contributed by atoms with Crippen LogP contribution in [0.4, 0.5) is 0 Å². The number of nitrogens with one attached hydrogen (secondary N) is 1. The van der Waals surface area contributed by atoms with Gasteiger partial charge in [-0.05, 0) is 6.92 Å². The smallest absolute Gasteiger partial charge is 0.327 e. The summed E-state index contributed by atoms with van der Waals surface area (Å²) in [6.07, 6.45) is 0. The summed E-state index contributed by atoms with van der Waals surface area (Å²) in [5.41, 5.74) is 0. The van der Waals surface area contributed by atoms with E-state index in [0.29, 0.717) is 0 Å². The Morgan fingerprint density at radius 2 is 1.71 bits per heavy atom. The maximum absolute atomic E-state index is 10.6. The van der Waals surface area contributed by atoms with E-state index >= 15 is 0 Å². The molecule has 0 aromatic rings.